The van der Waals surface area contributed by atoms with Crippen molar-refractivity contribution < 1.29 is 9.90 Å². The third-order valence-corrected chi connectivity index (χ3v) is 1.43. The molecule has 1 heterocycles. The van der Waals surface area contributed by atoms with Gasteiger partial charge in [-0.1, -0.05) is 21.1 Å². The predicted molar refractivity (Wildman–Crippen MR) is 40.8 cm³/mol. The van der Waals surface area contributed by atoms with E-state index in [2.05, 4.69) is 26.2 Å². The molecule has 6 heteroatoms. The van der Waals surface area contributed by atoms with E-state index in [1.54, 1.807) is 0 Å². The van der Waals surface area contributed by atoms with E-state index >= 15 is 0 Å². The van der Waals surface area contributed by atoms with Gasteiger partial charge in [0.15, 0.2) is 5.69 Å². The Morgan fingerprint density at radius 2 is 2.55 bits per heavy atom. The van der Waals surface area contributed by atoms with Gasteiger partial charge < -0.3 is 5.11 Å². The van der Waals surface area contributed by atoms with Crippen molar-refractivity contribution in [3.05, 3.63) is 11.9 Å². The second kappa shape index (κ2) is 3.47. The number of hydrogen-bond donors (Lipinski definition) is 1. The highest BCUT2D eigenvalue weighted by atomic mass is 79.9. The van der Waals surface area contributed by atoms with E-state index in [9.17, 15) is 4.79 Å². The number of carboxylic acid groups (broad SMARTS) is 1. The Kier molecular flexibility index (Phi) is 2.58. The number of rotatable bonds is 3. The van der Waals surface area contributed by atoms with Gasteiger partial charge in [-0.25, -0.2) is 4.79 Å². The molecule has 0 radical (unpaired) electrons. The van der Waals surface area contributed by atoms with E-state index in [1.807, 2.05) is 0 Å². The summed E-state index contributed by atoms with van der Waals surface area (Å²) < 4.78 is 1.47. The van der Waals surface area contributed by atoms with Crippen LogP contribution in [0, 0.1) is 0 Å². The van der Waals surface area contributed by atoms with Crippen LogP contribution in [0.3, 0.4) is 0 Å². The van der Waals surface area contributed by atoms with Gasteiger partial charge in [0.2, 0.25) is 0 Å². The summed E-state index contributed by atoms with van der Waals surface area (Å²) in [4.78, 5) is 10.3. The molecule has 0 fully saturated rings. The first kappa shape index (κ1) is 8.19. The molecule has 0 atom stereocenters. The second-order valence-corrected chi connectivity index (χ2v) is 2.65. The molecule has 60 valence electrons. The van der Waals surface area contributed by atoms with Crippen molar-refractivity contribution in [2.75, 3.05) is 5.33 Å². The Balaban J connectivity index is 2.73. The molecule has 1 aromatic heterocycles. The molecule has 1 rings (SSSR count). The molecule has 0 spiro atoms. The van der Waals surface area contributed by atoms with Gasteiger partial charge in [-0.2, -0.15) is 0 Å². The Labute approximate surface area is 71.1 Å². The van der Waals surface area contributed by atoms with Crippen LogP contribution >= 0.6 is 15.9 Å². The normalized spacial score (nSPS) is 9.91. The van der Waals surface area contributed by atoms with Gasteiger partial charge in [0.05, 0.1) is 12.7 Å². The molecule has 0 unspecified atom stereocenters. The first-order valence-electron chi connectivity index (χ1n) is 2.93. The summed E-state index contributed by atoms with van der Waals surface area (Å²) in [5.41, 5.74) is -0.0223. The van der Waals surface area contributed by atoms with E-state index in [-0.39, 0.29) is 5.69 Å². The molecule has 5 nitrogen and oxygen atoms in total. The van der Waals surface area contributed by atoms with Crippen LogP contribution in [-0.4, -0.2) is 31.4 Å². The highest BCUT2D eigenvalue weighted by Gasteiger charge is 2.06. The standard InChI is InChI=1S/C5H6BrN3O2/c6-1-2-9-3-4(5(10)11)7-8-9/h3H,1-2H2,(H,10,11). The highest BCUT2D eigenvalue weighted by Crippen LogP contribution is 1.93. The first-order valence-corrected chi connectivity index (χ1v) is 4.05. The smallest absolute Gasteiger partial charge is 0.358 e. The number of carboxylic acids is 1. The second-order valence-electron chi connectivity index (χ2n) is 1.86. The number of aromatic nitrogens is 3. The van der Waals surface area contributed by atoms with Crippen molar-refractivity contribution in [3.8, 4) is 0 Å². The van der Waals surface area contributed by atoms with Gasteiger partial charge >= 0.3 is 5.97 Å². The van der Waals surface area contributed by atoms with Crippen LogP contribution in [0.1, 0.15) is 10.5 Å². The SMILES string of the molecule is O=C(O)c1cn(CCBr)nn1. The average Bonchev–Trinajstić information content (AvgIpc) is 2.37. The van der Waals surface area contributed by atoms with Crippen LogP contribution in [0.2, 0.25) is 0 Å². The molecule has 0 aliphatic heterocycles. The fraction of sp³-hybridized carbons (Fsp3) is 0.400. The summed E-state index contributed by atoms with van der Waals surface area (Å²) in [6, 6.07) is 0. The minimum atomic E-state index is -1.05. The van der Waals surface area contributed by atoms with E-state index in [1.165, 1.54) is 10.9 Å². The zero-order valence-electron chi connectivity index (χ0n) is 5.57. The Morgan fingerprint density at radius 1 is 1.82 bits per heavy atom. The number of hydrogen-bond acceptors (Lipinski definition) is 3. The number of nitrogens with zero attached hydrogens (tertiary/aromatic N) is 3. The van der Waals surface area contributed by atoms with Crippen LogP contribution in [0.15, 0.2) is 6.20 Å². The summed E-state index contributed by atoms with van der Waals surface area (Å²) in [5, 5.41) is 16.2. The molecule has 0 aromatic carbocycles. The summed E-state index contributed by atoms with van der Waals surface area (Å²) >= 11 is 3.20. The molecule has 0 amide bonds. The molecule has 11 heavy (non-hydrogen) atoms. The van der Waals surface area contributed by atoms with Crippen molar-refractivity contribution in [3.63, 3.8) is 0 Å². The minimum Gasteiger partial charge on any atom is -0.476 e. The lowest BCUT2D eigenvalue weighted by Crippen LogP contribution is -1.99. The zero-order valence-corrected chi connectivity index (χ0v) is 7.15. The van der Waals surface area contributed by atoms with Crippen LogP contribution in [-0.2, 0) is 6.54 Å². The van der Waals surface area contributed by atoms with Gasteiger partial charge in [-0.3, -0.25) is 4.68 Å². The number of aryl methyl sites for hydroxylation is 1. The van der Waals surface area contributed by atoms with Gasteiger partial charge in [0, 0.05) is 5.33 Å². The van der Waals surface area contributed by atoms with Gasteiger partial charge in [-0.05, 0) is 0 Å². The maximum Gasteiger partial charge on any atom is 0.358 e. The Bertz CT molecular complexity index is 260. The van der Waals surface area contributed by atoms with Crippen molar-refractivity contribution in [1.29, 1.82) is 0 Å². The maximum absolute atomic E-state index is 10.3. The van der Waals surface area contributed by atoms with Gasteiger partial charge in [0.25, 0.3) is 0 Å². The topological polar surface area (TPSA) is 68.0 Å². The predicted octanol–water partition coefficient (Wildman–Crippen LogP) is 0.371. The number of aromatic carboxylic acids is 1. The lowest BCUT2D eigenvalue weighted by atomic mass is 10.5. The van der Waals surface area contributed by atoms with Crippen molar-refractivity contribution in [2.24, 2.45) is 0 Å². The van der Waals surface area contributed by atoms with E-state index in [0.717, 1.165) is 5.33 Å². The monoisotopic (exact) mass is 219 g/mol. The summed E-state index contributed by atoms with van der Waals surface area (Å²) in [5.74, 6) is -1.05. The third-order valence-electron chi connectivity index (χ3n) is 1.07. The molecular weight excluding hydrogens is 214 g/mol. The fourth-order valence-electron chi connectivity index (χ4n) is 0.592. The fourth-order valence-corrected chi connectivity index (χ4v) is 0.956. The van der Waals surface area contributed by atoms with Crippen molar-refractivity contribution in [2.45, 2.75) is 6.54 Å². The van der Waals surface area contributed by atoms with Crippen LogP contribution in [0.4, 0.5) is 0 Å². The highest BCUT2D eigenvalue weighted by molar-refractivity contribution is 9.09. The van der Waals surface area contributed by atoms with Crippen molar-refractivity contribution >= 4 is 21.9 Å². The number of alkyl halides is 1. The summed E-state index contributed by atoms with van der Waals surface area (Å²) in [6.45, 7) is 0.625. The van der Waals surface area contributed by atoms with Crippen LogP contribution in [0.5, 0.6) is 0 Å². The van der Waals surface area contributed by atoms with E-state index in [0.29, 0.717) is 6.54 Å². The zero-order chi connectivity index (χ0) is 8.27. The molecule has 0 saturated carbocycles. The maximum atomic E-state index is 10.3. The first-order chi connectivity index (χ1) is 5.24. The molecule has 1 N–H and O–H groups in total. The summed E-state index contributed by atoms with van der Waals surface area (Å²) in [7, 11) is 0. The van der Waals surface area contributed by atoms with Gasteiger partial charge in [-0.15, -0.1) is 5.10 Å². The molecular formula is C5H6BrN3O2. The van der Waals surface area contributed by atoms with Crippen LogP contribution < -0.4 is 0 Å². The molecule has 0 saturated heterocycles. The van der Waals surface area contributed by atoms with Gasteiger partial charge in [0.1, 0.15) is 0 Å². The van der Waals surface area contributed by atoms with Crippen molar-refractivity contribution in [1.82, 2.24) is 15.0 Å². The lowest BCUT2D eigenvalue weighted by molar-refractivity contribution is 0.0690. The van der Waals surface area contributed by atoms with Crippen LogP contribution in [0.25, 0.3) is 0 Å². The molecule has 0 bridgehead atoms. The molecule has 0 aliphatic carbocycles. The quantitative estimate of drug-likeness (QED) is 0.747. The molecule has 1 aromatic rings. The Morgan fingerprint density at radius 3 is 3.00 bits per heavy atom. The Hall–Kier alpha value is -0.910. The van der Waals surface area contributed by atoms with E-state index < -0.39 is 5.97 Å². The minimum absolute atomic E-state index is 0.0223. The largest absolute Gasteiger partial charge is 0.476 e. The molecule has 0 aliphatic rings. The average molecular weight is 220 g/mol. The number of carbonyl (C=O) groups is 1. The lowest BCUT2D eigenvalue weighted by Gasteiger charge is -1.90. The third kappa shape index (κ3) is 2.01. The van der Waals surface area contributed by atoms with E-state index in [4.69, 9.17) is 5.11 Å². The summed E-state index contributed by atoms with van der Waals surface area (Å²) in [6.07, 6.45) is 1.39. The number of halogens is 1.